The van der Waals surface area contributed by atoms with Gasteiger partial charge in [0.05, 0.1) is 5.56 Å². The van der Waals surface area contributed by atoms with E-state index < -0.39 is 29.2 Å². The van der Waals surface area contributed by atoms with E-state index in [2.05, 4.69) is 5.32 Å². The lowest BCUT2D eigenvalue weighted by Crippen LogP contribution is -2.27. The molecule has 0 saturated carbocycles. The molecule has 2 aromatic carbocycles. The van der Waals surface area contributed by atoms with Crippen LogP contribution < -0.4 is 5.32 Å². The first-order valence-corrected chi connectivity index (χ1v) is 7.46. The van der Waals surface area contributed by atoms with E-state index in [9.17, 15) is 23.1 Å². The van der Waals surface area contributed by atoms with Crippen molar-refractivity contribution in [3.63, 3.8) is 0 Å². The standard InChI is InChI=1S/C18H18F3NO3/c1-17(2,3)25-16(24)22-14-6-4-5-11(8-14)12-7-13(18(19,20)21)10-15(23)9-12/h4-10,23H,1-3H3,(H,22,24). The molecule has 0 bridgehead atoms. The highest BCUT2D eigenvalue weighted by molar-refractivity contribution is 5.86. The SMILES string of the molecule is CC(C)(C)OC(=O)Nc1cccc(-c2cc(O)cc(C(F)(F)F)c2)c1. The van der Waals surface area contributed by atoms with Crippen LogP contribution >= 0.6 is 0 Å². The van der Waals surface area contributed by atoms with Gasteiger partial charge >= 0.3 is 12.3 Å². The van der Waals surface area contributed by atoms with E-state index in [1.54, 1.807) is 39.0 Å². The lowest BCUT2D eigenvalue weighted by Gasteiger charge is -2.19. The van der Waals surface area contributed by atoms with Gasteiger partial charge in [-0.15, -0.1) is 0 Å². The van der Waals surface area contributed by atoms with Crippen molar-refractivity contribution in [1.82, 2.24) is 0 Å². The molecule has 0 radical (unpaired) electrons. The average molecular weight is 353 g/mol. The molecule has 0 saturated heterocycles. The molecule has 0 aliphatic rings. The molecule has 0 aliphatic heterocycles. The molecule has 0 heterocycles. The molecule has 4 nitrogen and oxygen atoms in total. The van der Waals surface area contributed by atoms with Crippen molar-refractivity contribution in [2.45, 2.75) is 32.5 Å². The number of benzene rings is 2. The summed E-state index contributed by atoms with van der Waals surface area (Å²) in [6.45, 7) is 5.15. The van der Waals surface area contributed by atoms with E-state index in [-0.39, 0.29) is 5.56 Å². The van der Waals surface area contributed by atoms with Crippen molar-refractivity contribution < 1.29 is 27.8 Å². The van der Waals surface area contributed by atoms with Crippen LogP contribution in [0.5, 0.6) is 5.75 Å². The smallest absolute Gasteiger partial charge is 0.416 e. The normalized spacial score (nSPS) is 11.9. The number of amides is 1. The molecule has 2 rings (SSSR count). The molecule has 0 spiro atoms. The molecular weight excluding hydrogens is 335 g/mol. The van der Waals surface area contributed by atoms with Crippen LogP contribution in [0.3, 0.4) is 0 Å². The molecule has 25 heavy (non-hydrogen) atoms. The number of carbonyl (C=O) groups is 1. The Morgan fingerprint density at radius 3 is 2.32 bits per heavy atom. The van der Waals surface area contributed by atoms with Crippen LogP contribution in [0.15, 0.2) is 42.5 Å². The number of rotatable bonds is 2. The second kappa shape index (κ2) is 6.66. The van der Waals surface area contributed by atoms with Gasteiger partial charge < -0.3 is 9.84 Å². The molecule has 0 atom stereocenters. The fourth-order valence-corrected chi connectivity index (χ4v) is 2.14. The van der Waals surface area contributed by atoms with Crippen molar-refractivity contribution in [3.05, 3.63) is 48.0 Å². The molecule has 2 N–H and O–H groups in total. The van der Waals surface area contributed by atoms with Gasteiger partial charge in [0.1, 0.15) is 11.4 Å². The summed E-state index contributed by atoms with van der Waals surface area (Å²) >= 11 is 0. The van der Waals surface area contributed by atoms with Crippen molar-refractivity contribution in [2.24, 2.45) is 0 Å². The number of ether oxygens (including phenoxy) is 1. The highest BCUT2D eigenvalue weighted by atomic mass is 19.4. The largest absolute Gasteiger partial charge is 0.508 e. The summed E-state index contributed by atoms with van der Waals surface area (Å²) in [4.78, 5) is 11.8. The number of halogens is 3. The first-order chi connectivity index (χ1) is 11.4. The monoisotopic (exact) mass is 353 g/mol. The Balaban J connectivity index is 2.30. The molecule has 2 aromatic rings. The van der Waals surface area contributed by atoms with Gasteiger partial charge in [-0.1, -0.05) is 12.1 Å². The predicted molar refractivity (Wildman–Crippen MR) is 88.4 cm³/mol. The summed E-state index contributed by atoms with van der Waals surface area (Å²) in [5, 5.41) is 12.1. The zero-order valence-corrected chi connectivity index (χ0v) is 13.9. The Hall–Kier alpha value is -2.70. The van der Waals surface area contributed by atoms with Crippen LogP contribution in [-0.4, -0.2) is 16.8 Å². The number of aromatic hydroxyl groups is 1. The Morgan fingerprint density at radius 2 is 1.72 bits per heavy atom. The third-order valence-corrected chi connectivity index (χ3v) is 3.09. The van der Waals surface area contributed by atoms with Crippen molar-refractivity contribution in [2.75, 3.05) is 5.32 Å². The first-order valence-electron chi connectivity index (χ1n) is 7.46. The Labute approximate surface area is 143 Å². The van der Waals surface area contributed by atoms with Crippen LogP contribution in [-0.2, 0) is 10.9 Å². The van der Waals surface area contributed by atoms with Gasteiger partial charge in [-0.05, 0) is 62.2 Å². The summed E-state index contributed by atoms with van der Waals surface area (Å²) in [5.41, 5.74) is -0.666. The molecule has 134 valence electrons. The fourth-order valence-electron chi connectivity index (χ4n) is 2.14. The van der Waals surface area contributed by atoms with Gasteiger partial charge in [0.2, 0.25) is 0 Å². The summed E-state index contributed by atoms with van der Waals surface area (Å²) < 4.78 is 43.8. The molecule has 1 amide bonds. The van der Waals surface area contributed by atoms with E-state index in [0.717, 1.165) is 6.07 Å². The average Bonchev–Trinajstić information content (AvgIpc) is 2.43. The number of carbonyl (C=O) groups excluding carboxylic acids is 1. The molecular formula is C18H18F3NO3. The highest BCUT2D eigenvalue weighted by Gasteiger charge is 2.31. The molecule has 0 aliphatic carbocycles. The van der Waals surface area contributed by atoms with Gasteiger partial charge in [-0.3, -0.25) is 5.32 Å². The van der Waals surface area contributed by atoms with Crippen molar-refractivity contribution >= 4 is 11.8 Å². The first kappa shape index (κ1) is 18.6. The van der Waals surface area contributed by atoms with Crippen LogP contribution in [0.1, 0.15) is 26.3 Å². The molecule has 0 aromatic heterocycles. The second-order valence-electron chi connectivity index (χ2n) is 6.47. The zero-order chi connectivity index (χ0) is 18.8. The predicted octanol–water partition coefficient (Wildman–Crippen LogP) is 5.43. The van der Waals surface area contributed by atoms with Gasteiger partial charge in [-0.25, -0.2) is 4.79 Å². The van der Waals surface area contributed by atoms with Gasteiger partial charge in [-0.2, -0.15) is 13.2 Å². The van der Waals surface area contributed by atoms with Gasteiger partial charge in [0.25, 0.3) is 0 Å². The maximum Gasteiger partial charge on any atom is 0.416 e. The minimum Gasteiger partial charge on any atom is -0.508 e. The van der Waals surface area contributed by atoms with E-state index in [4.69, 9.17) is 4.74 Å². The Morgan fingerprint density at radius 1 is 1.04 bits per heavy atom. The number of hydrogen-bond donors (Lipinski definition) is 2. The van der Waals surface area contributed by atoms with E-state index in [1.165, 1.54) is 12.1 Å². The maximum absolute atomic E-state index is 12.9. The fraction of sp³-hybridized carbons (Fsp3) is 0.278. The number of phenolic OH excluding ortho intramolecular Hbond substituents is 1. The lowest BCUT2D eigenvalue weighted by atomic mass is 10.0. The Bertz CT molecular complexity index is 780. The Kier molecular flexibility index (Phi) is 4.97. The van der Waals surface area contributed by atoms with E-state index in [0.29, 0.717) is 17.3 Å². The minimum absolute atomic E-state index is 0.181. The van der Waals surface area contributed by atoms with Crippen molar-refractivity contribution in [3.8, 4) is 16.9 Å². The number of phenols is 1. The second-order valence-corrected chi connectivity index (χ2v) is 6.47. The number of nitrogens with one attached hydrogen (secondary N) is 1. The number of anilines is 1. The molecule has 7 heteroatoms. The maximum atomic E-state index is 12.9. The van der Waals surface area contributed by atoms with Crippen LogP contribution in [0.2, 0.25) is 0 Å². The van der Waals surface area contributed by atoms with Gasteiger partial charge in [0, 0.05) is 5.69 Å². The summed E-state index contributed by atoms with van der Waals surface area (Å²) in [6, 6.07) is 9.06. The van der Waals surface area contributed by atoms with Crippen molar-refractivity contribution in [1.29, 1.82) is 0 Å². The summed E-state index contributed by atoms with van der Waals surface area (Å²) in [6.07, 6.45) is -5.24. The molecule has 0 unspecified atom stereocenters. The lowest BCUT2D eigenvalue weighted by molar-refractivity contribution is -0.137. The van der Waals surface area contributed by atoms with Gasteiger partial charge in [0.15, 0.2) is 0 Å². The van der Waals surface area contributed by atoms with Crippen LogP contribution in [0.4, 0.5) is 23.7 Å². The third-order valence-electron chi connectivity index (χ3n) is 3.09. The third kappa shape index (κ3) is 5.41. The summed E-state index contributed by atoms with van der Waals surface area (Å²) in [7, 11) is 0. The minimum atomic E-state index is -4.57. The highest BCUT2D eigenvalue weighted by Crippen LogP contribution is 2.35. The summed E-state index contributed by atoms with van der Waals surface area (Å²) in [5.74, 6) is -0.490. The van der Waals surface area contributed by atoms with Crippen LogP contribution in [0.25, 0.3) is 11.1 Å². The number of hydrogen-bond acceptors (Lipinski definition) is 3. The number of alkyl halides is 3. The topological polar surface area (TPSA) is 58.6 Å². The molecule has 0 fully saturated rings. The van der Waals surface area contributed by atoms with Crippen LogP contribution in [0, 0.1) is 0 Å². The van der Waals surface area contributed by atoms with E-state index >= 15 is 0 Å². The quantitative estimate of drug-likeness (QED) is 0.757. The van der Waals surface area contributed by atoms with E-state index in [1.807, 2.05) is 0 Å². The zero-order valence-electron chi connectivity index (χ0n) is 13.9.